The van der Waals surface area contributed by atoms with Crippen molar-refractivity contribution < 1.29 is 14.1 Å². The number of benzene rings is 1. The maximum Gasteiger partial charge on any atom is 0.272 e. The van der Waals surface area contributed by atoms with Gasteiger partial charge in [0, 0.05) is 25.3 Å². The van der Waals surface area contributed by atoms with Gasteiger partial charge >= 0.3 is 0 Å². The maximum atomic E-state index is 13.7. The van der Waals surface area contributed by atoms with Gasteiger partial charge in [-0.1, -0.05) is 0 Å². The molecular weight excluding hydrogens is 251 g/mol. The highest BCUT2D eigenvalue weighted by Gasteiger charge is 2.21. The van der Waals surface area contributed by atoms with Crippen LogP contribution in [-0.2, 0) is 4.74 Å². The van der Waals surface area contributed by atoms with Crippen LogP contribution in [0.2, 0.25) is 0 Å². The predicted molar refractivity (Wildman–Crippen MR) is 69.7 cm³/mol. The second-order valence-corrected chi connectivity index (χ2v) is 4.80. The van der Waals surface area contributed by atoms with Gasteiger partial charge in [-0.25, -0.2) is 4.39 Å². The van der Waals surface area contributed by atoms with Crippen molar-refractivity contribution in [3.8, 4) is 0 Å². The lowest BCUT2D eigenvalue weighted by atomic mass is 9.93. The van der Waals surface area contributed by atoms with E-state index in [0.29, 0.717) is 11.6 Å². The standard InChI is InChI=1S/C13H17FN2O3/c1-9(10-4-6-19-7-5-10)15-13-3-2-11(16(17)18)8-12(13)14/h2-3,8-10,15H,4-7H2,1H3/t9-/m0/s1. The fourth-order valence-electron chi connectivity index (χ4n) is 2.31. The molecule has 2 rings (SSSR count). The first-order valence-electron chi connectivity index (χ1n) is 6.36. The first-order chi connectivity index (χ1) is 9.08. The van der Waals surface area contributed by atoms with Crippen molar-refractivity contribution in [1.82, 2.24) is 0 Å². The molecule has 1 aromatic carbocycles. The second kappa shape index (κ2) is 5.97. The Kier molecular flexibility index (Phi) is 4.31. The first-order valence-corrected chi connectivity index (χ1v) is 6.36. The van der Waals surface area contributed by atoms with Crippen molar-refractivity contribution in [1.29, 1.82) is 0 Å². The summed E-state index contributed by atoms with van der Waals surface area (Å²) in [5, 5.41) is 13.6. The van der Waals surface area contributed by atoms with Crippen molar-refractivity contribution >= 4 is 11.4 Å². The van der Waals surface area contributed by atoms with E-state index < -0.39 is 10.7 Å². The predicted octanol–water partition coefficient (Wildman–Crippen LogP) is 2.96. The molecule has 1 heterocycles. The van der Waals surface area contributed by atoms with Crippen molar-refractivity contribution in [2.75, 3.05) is 18.5 Å². The van der Waals surface area contributed by atoms with Gasteiger partial charge < -0.3 is 10.1 Å². The van der Waals surface area contributed by atoms with E-state index in [-0.39, 0.29) is 11.7 Å². The molecule has 0 radical (unpaired) electrons. The highest BCUT2D eigenvalue weighted by atomic mass is 19.1. The molecule has 0 aromatic heterocycles. The lowest BCUT2D eigenvalue weighted by Gasteiger charge is -2.29. The molecule has 1 atom stereocenters. The molecular formula is C13H17FN2O3. The van der Waals surface area contributed by atoms with Crippen LogP contribution in [0.1, 0.15) is 19.8 Å². The number of halogens is 1. The zero-order chi connectivity index (χ0) is 13.8. The van der Waals surface area contributed by atoms with Crippen molar-refractivity contribution in [2.45, 2.75) is 25.8 Å². The van der Waals surface area contributed by atoms with Gasteiger partial charge in [-0.3, -0.25) is 10.1 Å². The largest absolute Gasteiger partial charge is 0.381 e. The molecule has 6 heteroatoms. The summed E-state index contributed by atoms with van der Waals surface area (Å²) >= 11 is 0. The van der Waals surface area contributed by atoms with E-state index in [2.05, 4.69) is 5.32 Å². The van der Waals surface area contributed by atoms with Crippen molar-refractivity contribution in [3.63, 3.8) is 0 Å². The third kappa shape index (κ3) is 3.41. The number of nitro benzene ring substituents is 1. The summed E-state index contributed by atoms with van der Waals surface area (Å²) < 4.78 is 19.0. The summed E-state index contributed by atoms with van der Waals surface area (Å²) in [6.45, 7) is 3.47. The zero-order valence-corrected chi connectivity index (χ0v) is 10.8. The quantitative estimate of drug-likeness (QED) is 0.673. The summed E-state index contributed by atoms with van der Waals surface area (Å²) in [5.41, 5.74) is 0.0753. The number of rotatable bonds is 4. The molecule has 1 saturated heterocycles. The van der Waals surface area contributed by atoms with Crippen LogP contribution in [0.5, 0.6) is 0 Å². The van der Waals surface area contributed by atoms with Crippen LogP contribution in [0, 0.1) is 21.8 Å². The van der Waals surface area contributed by atoms with E-state index in [1.54, 1.807) is 0 Å². The number of nitro groups is 1. The highest BCUT2D eigenvalue weighted by molar-refractivity contribution is 5.50. The number of non-ortho nitro benzene ring substituents is 1. The molecule has 0 saturated carbocycles. The number of nitrogens with one attached hydrogen (secondary N) is 1. The first kappa shape index (κ1) is 13.7. The van der Waals surface area contributed by atoms with Gasteiger partial charge in [0.25, 0.3) is 5.69 Å². The molecule has 1 fully saturated rings. The van der Waals surface area contributed by atoms with Crippen LogP contribution in [0.15, 0.2) is 18.2 Å². The summed E-state index contributed by atoms with van der Waals surface area (Å²) in [6, 6.07) is 3.78. The molecule has 0 aliphatic carbocycles. The number of hydrogen-bond acceptors (Lipinski definition) is 4. The molecule has 0 bridgehead atoms. The van der Waals surface area contributed by atoms with E-state index in [4.69, 9.17) is 4.74 Å². The average molecular weight is 268 g/mol. The van der Waals surface area contributed by atoms with Gasteiger partial charge in [-0.2, -0.15) is 0 Å². The summed E-state index contributed by atoms with van der Waals surface area (Å²) in [5.74, 6) is -0.156. The third-order valence-electron chi connectivity index (χ3n) is 3.52. The number of ether oxygens (including phenoxy) is 1. The van der Waals surface area contributed by atoms with Gasteiger partial charge in [0.1, 0.15) is 0 Å². The van der Waals surface area contributed by atoms with Gasteiger partial charge in [0.15, 0.2) is 5.82 Å². The molecule has 1 aliphatic heterocycles. The van der Waals surface area contributed by atoms with Crippen LogP contribution in [0.3, 0.4) is 0 Å². The van der Waals surface area contributed by atoms with Crippen LogP contribution >= 0.6 is 0 Å². The Hall–Kier alpha value is -1.69. The summed E-state index contributed by atoms with van der Waals surface area (Å²) in [6.07, 6.45) is 1.89. The minimum absolute atomic E-state index is 0.111. The monoisotopic (exact) mass is 268 g/mol. The fourth-order valence-corrected chi connectivity index (χ4v) is 2.31. The van der Waals surface area contributed by atoms with Crippen molar-refractivity contribution in [3.05, 3.63) is 34.1 Å². The van der Waals surface area contributed by atoms with E-state index in [0.717, 1.165) is 32.1 Å². The Labute approximate surface area is 110 Å². The number of hydrogen-bond donors (Lipinski definition) is 1. The third-order valence-corrected chi connectivity index (χ3v) is 3.52. The normalized spacial score (nSPS) is 18.0. The molecule has 1 aliphatic rings. The van der Waals surface area contributed by atoms with E-state index in [9.17, 15) is 14.5 Å². The van der Waals surface area contributed by atoms with Gasteiger partial charge in [-0.15, -0.1) is 0 Å². The molecule has 1 aromatic rings. The Morgan fingerprint density at radius 1 is 1.47 bits per heavy atom. The lowest BCUT2D eigenvalue weighted by Crippen LogP contribution is -2.31. The van der Waals surface area contributed by atoms with Crippen LogP contribution in [0.4, 0.5) is 15.8 Å². The van der Waals surface area contributed by atoms with Gasteiger partial charge in [0.2, 0.25) is 0 Å². The number of nitrogens with zero attached hydrogens (tertiary/aromatic N) is 1. The van der Waals surface area contributed by atoms with Crippen LogP contribution in [-0.4, -0.2) is 24.2 Å². The topological polar surface area (TPSA) is 64.4 Å². The molecule has 5 nitrogen and oxygen atoms in total. The smallest absolute Gasteiger partial charge is 0.272 e. The van der Waals surface area contributed by atoms with E-state index in [1.165, 1.54) is 12.1 Å². The Morgan fingerprint density at radius 2 is 2.16 bits per heavy atom. The van der Waals surface area contributed by atoms with E-state index in [1.807, 2.05) is 6.92 Å². The average Bonchev–Trinajstić information content (AvgIpc) is 2.41. The molecule has 104 valence electrons. The maximum absolute atomic E-state index is 13.7. The van der Waals surface area contributed by atoms with Crippen LogP contribution < -0.4 is 5.32 Å². The van der Waals surface area contributed by atoms with Crippen LogP contribution in [0.25, 0.3) is 0 Å². The van der Waals surface area contributed by atoms with Gasteiger partial charge in [0.05, 0.1) is 16.7 Å². The van der Waals surface area contributed by atoms with E-state index >= 15 is 0 Å². The minimum Gasteiger partial charge on any atom is -0.381 e. The molecule has 1 N–H and O–H groups in total. The lowest BCUT2D eigenvalue weighted by molar-refractivity contribution is -0.385. The second-order valence-electron chi connectivity index (χ2n) is 4.80. The zero-order valence-electron chi connectivity index (χ0n) is 10.8. The fraction of sp³-hybridized carbons (Fsp3) is 0.538. The molecule has 19 heavy (non-hydrogen) atoms. The molecule has 0 amide bonds. The van der Waals surface area contributed by atoms with Gasteiger partial charge in [-0.05, 0) is 31.7 Å². The SMILES string of the molecule is C[C@H](Nc1ccc([N+](=O)[O-])cc1F)C1CCOCC1. The Morgan fingerprint density at radius 3 is 2.74 bits per heavy atom. The molecule has 0 spiro atoms. The summed E-state index contributed by atoms with van der Waals surface area (Å²) in [7, 11) is 0. The Bertz CT molecular complexity index is 461. The minimum atomic E-state index is -0.602. The summed E-state index contributed by atoms with van der Waals surface area (Å²) in [4.78, 5) is 9.94. The number of anilines is 1. The highest BCUT2D eigenvalue weighted by Crippen LogP contribution is 2.25. The van der Waals surface area contributed by atoms with Crippen molar-refractivity contribution in [2.24, 2.45) is 5.92 Å². The Balaban J connectivity index is 2.03. The molecule has 0 unspecified atom stereocenters.